The van der Waals surface area contributed by atoms with Crippen LogP contribution in [0.5, 0.6) is 5.75 Å². The van der Waals surface area contributed by atoms with Crippen molar-refractivity contribution in [1.82, 2.24) is 15.5 Å². The molecule has 1 atom stereocenters. The fraction of sp³-hybridized carbons (Fsp3) is 0.667. The number of carbonyl (C=O) groups is 1. The average Bonchev–Trinajstić information content (AvgIpc) is 3.27. The second-order valence-electron chi connectivity index (χ2n) is 8.98. The molecule has 1 aliphatic carbocycles. The van der Waals surface area contributed by atoms with E-state index in [0.717, 1.165) is 75.6 Å². The van der Waals surface area contributed by atoms with Crippen LogP contribution in [-0.2, 0) is 4.79 Å². The molecule has 2 fully saturated rings. The number of hydrogen-bond donors (Lipinski definition) is 2. The van der Waals surface area contributed by atoms with Gasteiger partial charge in [-0.2, -0.15) is 0 Å². The lowest BCUT2D eigenvalue weighted by molar-refractivity contribution is -0.138. The first-order chi connectivity index (χ1) is 15.0. The van der Waals surface area contributed by atoms with Crippen LogP contribution in [0.3, 0.4) is 0 Å². The maximum Gasteiger partial charge on any atom is 0.230 e. The fourth-order valence-corrected chi connectivity index (χ4v) is 4.91. The molecule has 0 radical (unpaired) electrons. The Morgan fingerprint density at radius 1 is 1.25 bits per heavy atom. The Morgan fingerprint density at radius 3 is 2.62 bits per heavy atom. The van der Waals surface area contributed by atoms with Gasteiger partial charge in [-0.1, -0.05) is 25.0 Å². The number of nitrogens with zero attached hydrogens (tertiary/aromatic N) is 3. The van der Waals surface area contributed by atoms with E-state index in [9.17, 15) is 4.79 Å². The number of carbonyl (C=O) groups excluding carboxylic acids is 1. The summed E-state index contributed by atoms with van der Waals surface area (Å²) >= 11 is 0. The number of amides is 1. The van der Waals surface area contributed by atoms with Crippen LogP contribution in [0.25, 0.3) is 0 Å². The number of para-hydroxylation sites is 2. The Morgan fingerprint density at radius 2 is 1.97 bits per heavy atom. The van der Waals surface area contributed by atoms with E-state index in [-0.39, 0.29) is 35.3 Å². The monoisotopic (exact) mass is 557 g/mol. The van der Waals surface area contributed by atoms with Crippen LogP contribution in [0.4, 0.5) is 5.69 Å². The molecule has 1 aliphatic heterocycles. The standard InChI is InChI=1S/C24H39N5O2.HI/c1-5-25-23(26-18-24(14-8-9-15-24)22(30)28(2)3)27-19-11-10-16-29(17-19)20-12-6-7-13-21(20)31-4;/h6-7,12-13,19H,5,8-11,14-18H2,1-4H3,(H2,25,26,27);1H. The van der Waals surface area contributed by atoms with Gasteiger partial charge in [0.1, 0.15) is 5.75 Å². The molecule has 0 spiro atoms. The van der Waals surface area contributed by atoms with Gasteiger partial charge in [0, 0.05) is 39.8 Å². The van der Waals surface area contributed by atoms with E-state index < -0.39 is 0 Å². The predicted molar refractivity (Wildman–Crippen MR) is 142 cm³/mol. The van der Waals surface area contributed by atoms with Gasteiger partial charge in [-0.25, -0.2) is 0 Å². The smallest absolute Gasteiger partial charge is 0.230 e. The second-order valence-corrected chi connectivity index (χ2v) is 8.98. The molecule has 2 aliphatic rings. The largest absolute Gasteiger partial charge is 0.495 e. The van der Waals surface area contributed by atoms with Gasteiger partial charge in [0.05, 0.1) is 24.8 Å². The first-order valence-electron chi connectivity index (χ1n) is 11.6. The quantitative estimate of drug-likeness (QED) is 0.305. The Kier molecular flexibility index (Phi) is 10.4. The van der Waals surface area contributed by atoms with Crippen molar-refractivity contribution in [2.24, 2.45) is 10.4 Å². The lowest BCUT2D eigenvalue weighted by Crippen LogP contribution is -2.51. The van der Waals surface area contributed by atoms with Crippen molar-refractivity contribution in [3.63, 3.8) is 0 Å². The summed E-state index contributed by atoms with van der Waals surface area (Å²) in [6.45, 7) is 5.33. The average molecular weight is 558 g/mol. The highest BCUT2D eigenvalue weighted by atomic mass is 127. The summed E-state index contributed by atoms with van der Waals surface area (Å²) in [5.74, 6) is 1.94. The molecule has 1 saturated heterocycles. The summed E-state index contributed by atoms with van der Waals surface area (Å²) in [5.41, 5.74) is 0.793. The Labute approximate surface area is 210 Å². The number of anilines is 1. The van der Waals surface area contributed by atoms with E-state index in [4.69, 9.17) is 9.73 Å². The van der Waals surface area contributed by atoms with Crippen molar-refractivity contribution in [3.05, 3.63) is 24.3 Å². The molecule has 1 aromatic rings. The fourth-order valence-electron chi connectivity index (χ4n) is 4.91. The van der Waals surface area contributed by atoms with Crippen molar-refractivity contribution < 1.29 is 9.53 Å². The SMILES string of the molecule is CCNC(=NCC1(C(=O)N(C)C)CCCC1)NC1CCCN(c2ccccc2OC)C1.I. The number of benzene rings is 1. The van der Waals surface area contributed by atoms with E-state index in [1.807, 2.05) is 26.2 Å². The van der Waals surface area contributed by atoms with Gasteiger partial charge < -0.3 is 25.2 Å². The van der Waals surface area contributed by atoms with Gasteiger partial charge in [0.25, 0.3) is 0 Å². The normalized spacial score (nSPS) is 20.3. The van der Waals surface area contributed by atoms with E-state index in [2.05, 4.69) is 34.6 Å². The lowest BCUT2D eigenvalue weighted by Gasteiger charge is -2.36. The highest BCUT2D eigenvalue weighted by Crippen LogP contribution is 2.39. The van der Waals surface area contributed by atoms with Gasteiger partial charge in [-0.05, 0) is 44.7 Å². The van der Waals surface area contributed by atoms with Gasteiger partial charge in [-0.3, -0.25) is 9.79 Å². The van der Waals surface area contributed by atoms with E-state index >= 15 is 0 Å². The number of rotatable bonds is 7. The summed E-state index contributed by atoms with van der Waals surface area (Å²) in [7, 11) is 5.43. The van der Waals surface area contributed by atoms with Crippen molar-refractivity contribution in [2.75, 3.05) is 52.3 Å². The minimum atomic E-state index is -0.345. The number of hydrogen-bond acceptors (Lipinski definition) is 4. The zero-order valence-electron chi connectivity index (χ0n) is 20.0. The number of aliphatic imine (C=N–C) groups is 1. The highest BCUT2D eigenvalue weighted by Gasteiger charge is 2.42. The Bertz CT molecular complexity index is 765. The zero-order chi connectivity index (χ0) is 22.3. The van der Waals surface area contributed by atoms with Crippen LogP contribution in [0.2, 0.25) is 0 Å². The second kappa shape index (κ2) is 12.5. The number of piperidine rings is 1. The van der Waals surface area contributed by atoms with Crippen LogP contribution in [0.1, 0.15) is 45.4 Å². The molecule has 1 unspecified atom stereocenters. The number of methoxy groups -OCH3 is 1. The molecule has 32 heavy (non-hydrogen) atoms. The topological polar surface area (TPSA) is 69.2 Å². The van der Waals surface area contributed by atoms with Crippen LogP contribution in [-0.4, -0.2) is 70.2 Å². The lowest BCUT2D eigenvalue weighted by atomic mass is 9.85. The molecule has 0 bridgehead atoms. The Balaban J connectivity index is 0.00000363. The Hall–Kier alpha value is -1.71. The van der Waals surface area contributed by atoms with Gasteiger partial charge >= 0.3 is 0 Å². The molecule has 1 heterocycles. The van der Waals surface area contributed by atoms with Crippen molar-refractivity contribution in [1.29, 1.82) is 0 Å². The molecule has 1 aromatic carbocycles. The van der Waals surface area contributed by atoms with Crippen molar-refractivity contribution in [3.8, 4) is 5.75 Å². The van der Waals surface area contributed by atoms with Gasteiger partial charge in [-0.15, -0.1) is 24.0 Å². The number of halogens is 1. The van der Waals surface area contributed by atoms with E-state index in [1.165, 1.54) is 0 Å². The van der Waals surface area contributed by atoms with Gasteiger partial charge in [0.15, 0.2) is 5.96 Å². The molecule has 1 saturated carbocycles. The maximum absolute atomic E-state index is 12.9. The molecular formula is C24H40IN5O2. The highest BCUT2D eigenvalue weighted by molar-refractivity contribution is 14.0. The first-order valence-corrected chi connectivity index (χ1v) is 11.6. The zero-order valence-corrected chi connectivity index (χ0v) is 22.4. The summed E-state index contributed by atoms with van der Waals surface area (Å²) in [5, 5.41) is 7.02. The van der Waals surface area contributed by atoms with Crippen LogP contribution in [0, 0.1) is 5.41 Å². The number of guanidine groups is 1. The van der Waals surface area contributed by atoms with E-state index in [0.29, 0.717) is 12.6 Å². The molecule has 8 heteroatoms. The van der Waals surface area contributed by atoms with Crippen LogP contribution in [0.15, 0.2) is 29.3 Å². The summed E-state index contributed by atoms with van der Waals surface area (Å²) in [6, 6.07) is 8.49. The molecule has 3 rings (SSSR count). The molecule has 1 amide bonds. The molecule has 2 N–H and O–H groups in total. The third-order valence-corrected chi connectivity index (χ3v) is 6.49. The van der Waals surface area contributed by atoms with Gasteiger partial charge in [0.2, 0.25) is 5.91 Å². The number of nitrogens with one attached hydrogen (secondary N) is 2. The molecule has 0 aromatic heterocycles. The summed E-state index contributed by atoms with van der Waals surface area (Å²) in [6.07, 6.45) is 6.27. The predicted octanol–water partition coefficient (Wildman–Crippen LogP) is 3.49. The summed E-state index contributed by atoms with van der Waals surface area (Å²) in [4.78, 5) is 21.9. The van der Waals surface area contributed by atoms with E-state index in [1.54, 1.807) is 12.0 Å². The molecular weight excluding hydrogens is 517 g/mol. The summed E-state index contributed by atoms with van der Waals surface area (Å²) < 4.78 is 5.57. The van der Waals surface area contributed by atoms with Crippen molar-refractivity contribution in [2.45, 2.75) is 51.5 Å². The maximum atomic E-state index is 12.9. The minimum Gasteiger partial charge on any atom is -0.495 e. The third-order valence-electron chi connectivity index (χ3n) is 6.49. The van der Waals surface area contributed by atoms with Crippen LogP contribution < -0.4 is 20.3 Å². The third kappa shape index (κ3) is 6.42. The van der Waals surface area contributed by atoms with Crippen molar-refractivity contribution >= 4 is 41.5 Å². The minimum absolute atomic E-state index is 0. The molecule has 180 valence electrons. The molecule has 7 nitrogen and oxygen atoms in total. The van der Waals surface area contributed by atoms with Crippen LogP contribution >= 0.6 is 24.0 Å². The number of ether oxygens (including phenoxy) is 1. The first kappa shape index (κ1) is 26.5.